The summed E-state index contributed by atoms with van der Waals surface area (Å²) < 4.78 is 36.9. The fourth-order valence-electron chi connectivity index (χ4n) is 16.0. The van der Waals surface area contributed by atoms with Crippen LogP contribution in [-0.4, -0.2) is 431 Å². The summed E-state index contributed by atoms with van der Waals surface area (Å²) in [5, 5.41) is 75.9. The molecule has 32 heteroatoms. The number of morpholine rings is 3. The van der Waals surface area contributed by atoms with E-state index in [1.54, 1.807) is 0 Å². The normalized spacial score (nSPS) is 29.5. The van der Waals surface area contributed by atoms with Crippen molar-refractivity contribution in [2.75, 3.05) is 360 Å². The van der Waals surface area contributed by atoms with Crippen molar-refractivity contribution in [1.82, 2.24) is 137 Å². The lowest BCUT2D eigenvalue weighted by Crippen LogP contribution is -2.57. The van der Waals surface area contributed by atoms with Crippen molar-refractivity contribution < 1.29 is 22.6 Å². The molecule has 0 radical (unpaired) electrons. The zero-order valence-electron chi connectivity index (χ0n) is 77.2. The lowest BCUT2D eigenvalue weighted by atomic mass is 9.74. The summed E-state index contributed by atoms with van der Waals surface area (Å²) in [4.78, 5) is 7.10. The minimum Gasteiger partial charge on any atom is -0.379 e. The van der Waals surface area contributed by atoms with Crippen LogP contribution in [0.25, 0.3) is 0 Å². The molecule has 696 valence electrons. The molecular formula is C85H190N26O5S. The molecule has 3 spiro atoms. The first kappa shape index (κ1) is 108. The molecule has 117 heavy (non-hydrogen) atoms. The molecular weight excluding hydrogens is 1500 g/mol. The van der Waals surface area contributed by atoms with Gasteiger partial charge in [-0.05, 0) is 236 Å². The molecule has 0 aromatic carbocycles. The van der Waals surface area contributed by atoms with Gasteiger partial charge in [-0.2, -0.15) is 0 Å². The number of rotatable bonds is 2. The van der Waals surface area contributed by atoms with Gasteiger partial charge in [0.25, 0.3) is 0 Å². The molecule has 0 bridgehead atoms. The summed E-state index contributed by atoms with van der Waals surface area (Å²) in [5.74, 6) is 0.625. The predicted octanol–water partition coefficient (Wildman–Crippen LogP) is -2.78. The van der Waals surface area contributed by atoms with Crippen LogP contribution in [0, 0.1) is 16.2 Å². The van der Waals surface area contributed by atoms with Crippen molar-refractivity contribution in [3.8, 4) is 0 Å². The second-order valence-electron chi connectivity index (χ2n) is 36.2. The van der Waals surface area contributed by atoms with Crippen LogP contribution < -0.4 is 122 Å². The quantitative estimate of drug-likeness (QED) is 0.133. The van der Waals surface area contributed by atoms with Crippen LogP contribution in [0.4, 0.5) is 0 Å². The highest BCUT2D eigenvalue weighted by molar-refractivity contribution is 7.91. The average molecular weight is 1690 g/mol. The summed E-state index contributed by atoms with van der Waals surface area (Å²) in [6, 6.07) is 2.80. The molecule has 18 saturated heterocycles. The number of sulfone groups is 1. The molecule has 0 aromatic heterocycles. The number of nitrogens with zero attached hydrogens (tertiary/aromatic N) is 3. The Hall–Kier alpha value is -1.21. The summed E-state index contributed by atoms with van der Waals surface area (Å²) in [6.45, 7) is 75.8. The summed E-state index contributed by atoms with van der Waals surface area (Å²) in [6.07, 6.45) is 14.9. The van der Waals surface area contributed by atoms with Gasteiger partial charge in [0.05, 0.1) is 49.6 Å². The Kier molecular flexibility index (Phi) is 63.7. The summed E-state index contributed by atoms with van der Waals surface area (Å²) >= 11 is 0. The minimum absolute atomic E-state index is 0.312. The van der Waals surface area contributed by atoms with Crippen LogP contribution in [0.5, 0.6) is 0 Å². The monoisotopic (exact) mass is 1690 g/mol. The second kappa shape index (κ2) is 69.0. The molecule has 18 heterocycles. The Labute approximate surface area is 716 Å². The lowest BCUT2D eigenvalue weighted by Gasteiger charge is -2.45. The zero-order valence-corrected chi connectivity index (χ0v) is 78.0. The maximum Gasteiger partial charge on any atom is 0.152 e. The number of ether oxygens (including phenoxy) is 3. The lowest BCUT2D eigenvalue weighted by molar-refractivity contribution is -0.0166. The van der Waals surface area contributed by atoms with E-state index in [0.29, 0.717) is 72.0 Å². The van der Waals surface area contributed by atoms with Gasteiger partial charge < -0.3 is 151 Å². The van der Waals surface area contributed by atoms with Gasteiger partial charge in [0, 0.05) is 259 Å². The number of hydrogen-bond donors (Lipinski definition) is 23. The second-order valence-corrected chi connectivity index (χ2v) is 38.5. The van der Waals surface area contributed by atoms with Crippen LogP contribution in [0.2, 0.25) is 0 Å². The van der Waals surface area contributed by atoms with Crippen molar-refractivity contribution in [2.45, 2.75) is 175 Å². The third kappa shape index (κ3) is 57.9. The van der Waals surface area contributed by atoms with Gasteiger partial charge in [0.15, 0.2) is 9.84 Å². The van der Waals surface area contributed by atoms with E-state index in [4.69, 9.17) is 14.2 Å². The highest BCUT2D eigenvalue weighted by atomic mass is 32.2. The van der Waals surface area contributed by atoms with Crippen LogP contribution >= 0.6 is 0 Å². The fourth-order valence-corrected chi connectivity index (χ4v) is 17.1. The number of piperidine rings is 4. The van der Waals surface area contributed by atoms with Gasteiger partial charge >= 0.3 is 0 Å². The molecule has 0 aromatic rings. The minimum atomic E-state index is -2.65. The molecule has 23 N–H and O–H groups in total. The fraction of sp³-hybridized carbons (Fsp3) is 1.00. The molecule has 0 aliphatic carbocycles. The number of nitrogens with one attached hydrogen (secondary N) is 23. The van der Waals surface area contributed by atoms with E-state index in [1.807, 2.05) is 0 Å². The number of hydrogen-bond acceptors (Lipinski definition) is 31. The van der Waals surface area contributed by atoms with E-state index in [-0.39, 0.29) is 0 Å². The highest BCUT2D eigenvalue weighted by Gasteiger charge is 2.39. The molecule has 18 aliphatic heterocycles. The van der Waals surface area contributed by atoms with Crippen molar-refractivity contribution >= 4 is 9.84 Å². The SMILES string of the molecule is C1CC2(CCN1)CCNC2.C1CC2(CCN1)CNC2.C1CC2(CCN1)CNC2.C1CNCCN1.C1CNCCNC1.C1COCCN1.CC1(C)CNCCN1.CC1CNCCO1.CCN1CCNCC1.CN(C)C1CCNCC1.CN1CCNCC1.C[C@@H]1CNC[C@H](C)N1.C[C@@H]1CNC[C@H](C)O1.C[C@H]1CNCCN1.O=S1(=O)CCNCC1. The van der Waals surface area contributed by atoms with Crippen LogP contribution in [0.3, 0.4) is 0 Å². The number of likely N-dealkylation sites (N-methyl/N-ethyl adjacent to an activating group) is 2. The molecule has 0 saturated carbocycles. The Bertz CT molecular complexity index is 2130. The first-order chi connectivity index (χ1) is 56.7. The summed E-state index contributed by atoms with van der Waals surface area (Å²) in [7, 11) is 3.83. The van der Waals surface area contributed by atoms with Crippen molar-refractivity contribution in [3.63, 3.8) is 0 Å². The smallest absolute Gasteiger partial charge is 0.152 e. The third-order valence-corrected chi connectivity index (χ3v) is 25.8. The number of piperazine rings is 6. The Balaban J connectivity index is 0.000000264. The molecule has 1 unspecified atom stereocenters. The molecule has 0 amide bonds. The Morgan fingerprint density at radius 2 is 0.752 bits per heavy atom. The van der Waals surface area contributed by atoms with E-state index < -0.39 is 9.84 Å². The first-order valence-corrected chi connectivity index (χ1v) is 49.0. The Morgan fingerprint density at radius 3 is 1.02 bits per heavy atom. The standard InChI is InChI=1S/C8H16N2.2C7H14N2.C7H16N2.3C6H14N2.C6H13NO.3C5H12N2.C5H11NO.C4H10N2.C4H9NO2S.C4H9NO/c1-4-9-5-2-8(1)3-6-10-7-8;2*1-3-8-4-2-7(1)5-9-6-7;1-9(2)7-3-5-8-6-4-7;1-5-3-7-4-6(2)8-5;1-6(2)5-7-3-4-8-6;1-2-8-5-3-7-4-6-8;1-5-3-7-4-6(2)8-5;1-7-4-2-6-3-5-7;1-5-4-6-2-3-7-5;1-2-6-4-5-7-3-1;1-5-4-6-2-3-7-5;1-2-6-4-3-5-1;6-8(7)3-1-5-2-4-8;1-3-6-4-2-5-1/h9-10H,1-7H2;2*8-9H,1-6H2;7-8H,3-6H2,1-2H3;5-8H,3-4H2,1-2H3;7-8H,3-5H2,1-2H3;7H,2-6H2,1H3;5-7H,3-4H2,1-2H3;6H,2-5H2,1H3;5-7H,2-4H2,1H3;6-7H,1-5H2;5-6H,2-4H2,1H3;5-6H,1-4H2;5H,1-4H2;5H,1-4H2/t;;;;5-,6+;;;5-,6+;;5-;;;;;/m.........0...../s1. The van der Waals surface area contributed by atoms with Gasteiger partial charge in [0.1, 0.15) is 0 Å². The van der Waals surface area contributed by atoms with Gasteiger partial charge in [-0.15, -0.1) is 0 Å². The van der Waals surface area contributed by atoms with Crippen LogP contribution in [-0.2, 0) is 24.0 Å². The zero-order chi connectivity index (χ0) is 84.5. The van der Waals surface area contributed by atoms with E-state index in [2.05, 4.69) is 220 Å². The first-order valence-electron chi connectivity index (χ1n) is 47.2. The molecule has 6 atom stereocenters. The van der Waals surface area contributed by atoms with Gasteiger partial charge in [-0.3, -0.25) is 0 Å². The molecule has 31 nitrogen and oxygen atoms in total. The van der Waals surface area contributed by atoms with Crippen molar-refractivity contribution in [3.05, 3.63) is 0 Å². The van der Waals surface area contributed by atoms with Gasteiger partial charge in [-0.1, -0.05) is 6.92 Å². The van der Waals surface area contributed by atoms with Crippen molar-refractivity contribution in [2.24, 2.45) is 16.2 Å². The van der Waals surface area contributed by atoms with Crippen LogP contribution in [0.1, 0.15) is 127 Å². The average Bonchev–Trinajstić information content (AvgIpc) is 1.55. The molecule has 18 rings (SSSR count). The molecule has 18 aliphatic rings. The van der Waals surface area contributed by atoms with E-state index in [9.17, 15) is 8.42 Å². The molecule has 18 fully saturated rings. The third-order valence-electron chi connectivity index (χ3n) is 24.2. The van der Waals surface area contributed by atoms with E-state index in [0.717, 1.165) is 181 Å². The highest BCUT2D eigenvalue weighted by Crippen LogP contribution is 2.35. The van der Waals surface area contributed by atoms with Gasteiger partial charge in [-0.25, -0.2) is 8.42 Å². The predicted molar refractivity (Wildman–Crippen MR) is 494 cm³/mol. The van der Waals surface area contributed by atoms with Crippen molar-refractivity contribution in [1.29, 1.82) is 0 Å². The van der Waals surface area contributed by atoms with Gasteiger partial charge in [0.2, 0.25) is 0 Å². The largest absolute Gasteiger partial charge is 0.379 e. The van der Waals surface area contributed by atoms with E-state index >= 15 is 0 Å². The Morgan fingerprint density at radius 1 is 0.368 bits per heavy atom. The summed E-state index contributed by atoms with van der Waals surface area (Å²) in [5.41, 5.74) is 2.47. The maximum absolute atomic E-state index is 10.6. The van der Waals surface area contributed by atoms with E-state index in [1.165, 1.54) is 215 Å². The van der Waals surface area contributed by atoms with Crippen LogP contribution in [0.15, 0.2) is 0 Å². The topological polar surface area (TPSA) is 348 Å². The maximum atomic E-state index is 10.6.